The van der Waals surface area contributed by atoms with Crippen LogP contribution < -0.4 is 15.7 Å². The molecule has 0 aliphatic rings. The van der Waals surface area contributed by atoms with Crippen molar-refractivity contribution in [2.24, 2.45) is 0 Å². The molecular formula is C24H38Cl8N2OW2. The summed E-state index contributed by atoms with van der Waals surface area (Å²) in [5.74, 6) is 0. The van der Waals surface area contributed by atoms with Crippen molar-refractivity contribution >= 4 is 83.3 Å². The van der Waals surface area contributed by atoms with Gasteiger partial charge in [-0.25, -0.2) is 0 Å². The number of hydrogen-bond donors (Lipinski definition) is 2. The Morgan fingerprint density at radius 2 is 0.784 bits per heavy atom. The van der Waals surface area contributed by atoms with Gasteiger partial charge >= 0.3 is 250 Å². The van der Waals surface area contributed by atoms with Gasteiger partial charge in [-0.15, -0.1) is 0 Å². The Balaban J connectivity index is 3.32. The summed E-state index contributed by atoms with van der Waals surface area (Å²) < 4.78 is 12.9. The van der Waals surface area contributed by atoms with Crippen molar-refractivity contribution in [1.82, 2.24) is 7.75 Å². The summed E-state index contributed by atoms with van der Waals surface area (Å²) in [6.07, 6.45) is 1.52. The molecule has 0 aromatic heterocycles. The van der Waals surface area contributed by atoms with Crippen LogP contribution in [0.25, 0.3) is 0 Å². The number of rotatable bonds is 10. The monoisotopic (exact) mass is 1020 g/mol. The Morgan fingerprint density at radius 1 is 0.541 bits per heavy atom. The van der Waals surface area contributed by atoms with Crippen molar-refractivity contribution in [2.45, 2.75) is 68.2 Å². The van der Waals surface area contributed by atoms with E-state index in [1.54, 1.807) is 41.5 Å². The summed E-state index contributed by atoms with van der Waals surface area (Å²) in [4.78, 5) is 0. The van der Waals surface area contributed by atoms with Crippen molar-refractivity contribution in [2.75, 3.05) is 13.1 Å². The molecule has 0 unspecified atom stereocenters. The molecule has 218 valence electrons. The number of halogens is 8. The molecule has 0 saturated carbocycles. The van der Waals surface area contributed by atoms with Gasteiger partial charge in [0.1, 0.15) is 0 Å². The van der Waals surface area contributed by atoms with Gasteiger partial charge in [-0.2, -0.15) is 0 Å². The van der Waals surface area contributed by atoms with E-state index in [2.05, 4.69) is 7.75 Å². The maximum atomic E-state index is 7.56. The summed E-state index contributed by atoms with van der Waals surface area (Å²) in [6.45, 7) is 14.8. The summed E-state index contributed by atoms with van der Waals surface area (Å²) in [5, 5.41) is 0. The second-order valence-corrected chi connectivity index (χ2v) is 115. The topological polar surface area (TPSA) is 33.3 Å². The molecule has 0 atom stereocenters. The average Bonchev–Trinajstić information content (AvgIpc) is 2.63. The third-order valence-corrected chi connectivity index (χ3v) is 92.4. The minimum atomic E-state index is -8.19. The molecule has 37 heavy (non-hydrogen) atoms. The van der Waals surface area contributed by atoms with Crippen LogP contribution >= 0.6 is 75.3 Å². The first-order valence-electron chi connectivity index (χ1n) is 11.9. The van der Waals surface area contributed by atoms with Crippen LogP contribution in [0.2, 0.25) is 0 Å². The van der Waals surface area contributed by atoms with Gasteiger partial charge in [0.25, 0.3) is 0 Å². The van der Waals surface area contributed by atoms with Gasteiger partial charge in [0.2, 0.25) is 0 Å². The van der Waals surface area contributed by atoms with Crippen LogP contribution in [0.1, 0.15) is 61.1 Å². The molecule has 0 heterocycles. The van der Waals surface area contributed by atoms with Crippen LogP contribution in [0.15, 0.2) is 24.3 Å². The van der Waals surface area contributed by atoms with Crippen molar-refractivity contribution in [3.63, 3.8) is 0 Å². The van der Waals surface area contributed by atoms with E-state index in [1.165, 1.54) is 0 Å². The van der Waals surface area contributed by atoms with Gasteiger partial charge in [0.05, 0.1) is 0 Å². The summed E-state index contributed by atoms with van der Waals surface area (Å²) in [5.41, 5.74) is 4.33. The Kier molecular flexibility index (Phi) is 7.94. The molecule has 0 amide bonds. The second-order valence-electron chi connectivity index (χ2n) is 9.86. The molecule has 2 N–H and O–H groups in total. The van der Waals surface area contributed by atoms with E-state index in [0.29, 0.717) is 22.3 Å². The number of nitrogens with one attached hydrogen (secondary N) is 2. The number of aryl methyl sites for hydroxylation is 6. The maximum absolute atomic E-state index is 8.19. The van der Waals surface area contributed by atoms with E-state index in [1.807, 2.05) is 38.1 Å². The SMILES string of the molecule is CC[NH][W]([Cl])([Cl])([Cl])([Cl])([O][W]([Cl])([Cl])([Cl])([Cl])([NH]CC)[c]1c(C)cc(CC)cc1C)[c]1c(C)cc(CC)cc1C. The molecule has 0 fully saturated rings. The first-order chi connectivity index (χ1) is 16.1. The van der Waals surface area contributed by atoms with E-state index in [0.717, 1.165) is 24.0 Å². The molecule has 13 heteroatoms. The zero-order valence-electron chi connectivity index (χ0n) is 22.4. The fraction of sp³-hybridized carbons (Fsp3) is 0.500. The first-order valence-corrected chi connectivity index (χ1v) is 49.3. The van der Waals surface area contributed by atoms with E-state index < -0.39 is 17.5 Å². The molecule has 2 aromatic carbocycles. The van der Waals surface area contributed by atoms with Gasteiger partial charge in [-0.3, -0.25) is 0 Å². The average molecular weight is 1020 g/mol. The molecule has 3 nitrogen and oxygen atoms in total. The molecule has 0 aliphatic carbocycles. The normalized spacial score (nSPS) is 18.9. The zero-order valence-corrected chi connectivity index (χ0v) is 34.3. The Bertz CT molecular complexity index is 1190. The van der Waals surface area contributed by atoms with E-state index in [9.17, 15) is 0 Å². The van der Waals surface area contributed by atoms with E-state index in [4.69, 9.17) is 77.4 Å². The van der Waals surface area contributed by atoms with Crippen molar-refractivity contribution in [1.29, 1.82) is 0 Å². The zero-order chi connectivity index (χ0) is 29.2. The fourth-order valence-electron chi connectivity index (χ4n) is 5.43. The fourth-order valence-corrected chi connectivity index (χ4v) is 194. The molecule has 2 rings (SSSR count). The summed E-state index contributed by atoms with van der Waals surface area (Å²) in [7, 11) is 44.1. The number of benzene rings is 2. The third-order valence-electron chi connectivity index (χ3n) is 6.17. The van der Waals surface area contributed by atoms with E-state index in [-0.39, 0.29) is 21.0 Å². The first kappa shape index (κ1) is 35.2. The van der Waals surface area contributed by atoms with Crippen LogP contribution in [0, 0.1) is 27.7 Å². The van der Waals surface area contributed by atoms with Crippen molar-refractivity contribution in [3.8, 4) is 0 Å². The van der Waals surface area contributed by atoms with Crippen LogP contribution in [0.4, 0.5) is 0 Å². The molecular weight excluding hydrogens is 984 g/mol. The van der Waals surface area contributed by atoms with Gasteiger partial charge < -0.3 is 0 Å². The quantitative estimate of drug-likeness (QED) is 0.249. The van der Waals surface area contributed by atoms with Gasteiger partial charge in [-0.05, 0) is 0 Å². The van der Waals surface area contributed by atoms with Crippen molar-refractivity contribution < 1.29 is 19.6 Å². The molecule has 0 saturated heterocycles. The summed E-state index contributed by atoms with van der Waals surface area (Å²) in [6, 6.07) is 7.54. The standard InChI is InChI=1S/2C10H13.2C2H6N.8ClH.O.2W/c2*1-4-10-6-8(2)5-9(3)7-10;2*1-2-3;;;;;;;;;;;/h2*6-7H,4H2,1-3H3;2*3H,2H2,1H3;8*1H;;;/q;;2*-1;;;;;;;;;;2*+5/p-8. The molecule has 2 aromatic rings. The minimum absolute atomic E-state index is 0.0744. The van der Waals surface area contributed by atoms with Gasteiger partial charge in [0, 0.05) is 0 Å². The number of hydrogen-bond acceptors (Lipinski definition) is 3. The Hall–Kier alpha value is 2.02. The molecule has 0 spiro atoms. The second kappa shape index (κ2) is 8.34. The summed E-state index contributed by atoms with van der Waals surface area (Å²) >= 11 is 0. The predicted molar refractivity (Wildman–Crippen MR) is 165 cm³/mol. The Morgan fingerprint density at radius 3 is 0.973 bits per heavy atom. The Labute approximate surface area is 246 Å². The van der Waals surface area contributed by atoms with Gasteiger partial charge in [0.15, 0.2) is 0 Å². The van der Waals surface area contributed by atoms with Crippen LogP contribution in [-0.2, 0) is 32.4 Å². The van der Waals surface area contributed by atoms with Crippen molar-refractivity contribution in [3.05, 3.63) is 57.6 Å². The van der Waals surface area contributed by atoms with Crippen LogP contribution in [-0.4, -0.2) is 13.1 Å². The third kappa shape index (κ3) is 6.37. The molecule has 0 aliphatic heterocycles. The van der Waals surface area contributed by atoms with Crippen LogP contribution in [0.5, 0.6) is 0 Å². The molecule has 0 radical (unpaired) electrons. The van der Waals surface area contributed by atoms with E-state index >= 15 is 0 Å². The molecule has 0 bridgehead atoms. The predicted octanol–water partition coefficient (Wildman–Crippen LogP) is 9.64. The van der Waals surface area contributed by atoms with Gasteiger partial charge in [-0.1, -0.05) is 0 Å². The van der Waals surface area contributed by atoms with Crippen LogP contribution in [0.3, 0.4) is 0 Å².